The molecule has 0 aliphatic carbocycles. The molecule has 2 aliphatic rings. The number of hydrogen-bond acceptors (Lipinski definition) is 12. The molecule has 8 aromatic rings. The Bertz CT molecular complexity index is 3120. The molecule has 68 heavy (non-hydrogen) atoms. The van der Waals surface area contributed by atoms with Crippen LogP contribution in [-0.4, -0.2) is 79.9 Å². The summed E-state index contributed by atoms with van der Waals surface area (Å²) in [7, 11) is -3.30. The Morgan fingerprint density at radius 3 is 1.43 bits per heavy atom. The molecule has 0 atom stereocenters. The summed E-state index contributed by atoms with van der Waals surface area (Å²) in [6.45, 7) is 3.61. The summed E-state index contributed by atoms with van der Waals surface area (Å²) in [6, 6.07) is 25.8. The highest BCUT2D eigenvalue weighted by atomic mass is 32.2. The fourth-order valence-electron chi connectivity index (χ4n) is 8.14. The summed E-state index contributed by atoms with van der Waals surface area (Å²) in [5, 5.41) is 6.73. The average Bonchev–Trinajstić information content (AvgIpc) is 4.01. The Morgan fingerprint density at radius 1 is 0.544 bits per heavy atom. The molecule has 2 aliphatic heterocycles. The van der Waals surface area contributed by atoms with E-state index in [1.807, 2.05) is 6.33 Å². The van der Waals surface area contributed by atoms with Crippen LogP contribution in [0.2, 0.25) is 0 Å². The van der Waals surface area contributed by atoms with Crippen molar-refractivity contribution in [3.63, 3.8) is 0 Å². The van der Waals surface area contributed by atoms with E-state index in [-0.39, 0.29) is 46.4 Å². The molecule has 0 amide bonds. The van der Waals surface area contributed by atoms with Crippen LogP contribution in [0, 0.1) is 23.3 Å². The highest BCUT2D eigenvalue weighted by Gasteiger charge is 2.26. The van der Waals surface area contributed by atoms with E-state index in [9.17, 15) is 26.0 Å². The standard InChI is InChI=1S/C25H24FN5O3S.C24H20F3N5O/c1-35(32,33)21-8-6-20(7-9-21)34-25-28-15-12-22(30-25)24-23(17-2-4-18(26)5-3-17)29-16-31(24)19-10-13-27-14-11-19;25-16-3-1-15(2-4-16)22-23(32(14-30-22)17-7-10-28-11-8-17)21-9-12-29-24(31-21)33-18-5-6-19(26)20(27)13-18/h2-9,12,15-16,19,27H,10-11,13-14H2,1H3;1-6,9,12-14,17,28H,7-8,10-11H2. The van der Waals surface area contributed by atoms with Crippen molar-refractivity contribution in [2.75, 3.05) is 32.4 Å². The van der Waals surface area contributed by atoms with E-state index in [1.165, 1.54) is 48.7 Å². The van der Waals surface area contributed by atoms with Crippen molar-refractivity contribution in [2.45, 2.75) is 42.7 Å². The zero-order valence-corrected chi connectivity index (χ0v) is 37.4. The first-order valence-electron chi connectivity index (χ1n) is 21.8. The summed E-state index contributed by atoms with van der Waals surface area (Å²) < 4.78 is 92.9. The van der Waals surface area contributed by atoms with Crippen molar-refractivity contribution < 1.29 is 35.5 Å². The third-order valence-electron chi connectivity index (χ3n) is 11.5. The van der Waals surface area contributed by atoms with Gasteiger partial charge in [0.2, 0.25) is 0 Å². The van der Waals surface area contributed by atoms with E-state index >= 15 is 0 Å². The van der Waals surface area contributed by atoms with Crippen molar-refractivity contribution >= 4 is 9.84 Å². The molecular formula is C49H44F4N10O4S. The third kappa shape index (κ3) is 10.6. The SMILES string of the molecule is CS(=O)(=O)c1ccc(Oc2nccc(-c3c(-c4ccc(F)cc4)ncn3C3CCNCC3)n2)cc1.Fc1ccc(-c2ncn(C3CCNCC3)c2-c2ccnc(Oc3ccc(F)c(F)c3)n2)cc1. The number of imidazole rings is 2. The van der Waals surface area contributed by atoms with Gasteiger partial charge in [-0.15, -0.1) is 0 Å². The minimum atomic E-state index is -3.30. The minimum absolute atomic E-state index is 0.0124. The molecule has 19 heteroatoms. The van der Waals surface area contributed by atoms with Gasteiger partial charge in [0.25, 0.3) is 0 Å². The minimum Gasteiger partial charge on any atom is -0.424 e. The highest BCUT2D eigenvalue weighted by Crippen LogP contribution is 2.37. The van der Waals surface area contributed by atoms with E-state index in [4.69, 9.17) is 9.47 Å². The number of sulfone groups is 1. The molecule has 0 unspecified atom stereocenters. The van der Waals surface area contributed by atoms with Crippen LogP contribution in [-0.2, 0) is 9.84 Å². The van der Waals surface area contributed by atoms with Crippen molar-refractivity contribution in [2.24, 2.45) is 0 Å². The molecule has 4 aromatic carbocycles. The Hall–Kier alpha value is -7.35. The lowest BCUT2D eigenvalue weighted by atomic mass is 10.0. The normalized spacial score (nSPS) is 14.5. The molecule has 0 radical (unpaired) electrons. The maximum atomic E-state index is 13.6. The summed E-state index contributed by atoms with van der Waals surface area (Å²) in [5.41, 5.74) is 5.63. The van der Waals surface area contributed by atoms with Gasteiger partial charge in [-0.2, -0.15) is 9.97 Å². The molecule has 2 fully saturated rings. The van der Waals surface area contributed by atoms with Crippen molar-refractivity contribution in [1.82, 2.24) is 49.7 Å². The predicted octanol–water partition coefficient (Wildman–Crippen LogP) is 9.41. The number of aromatic nitrogens is 8. The second-order valence-corrected chi connectivity index (χ2v) is 18.2. The Kier molecular flexibility index (Phi) is 13.6. The topological polar surface area (TPSA) is 164 Å². The van der Waals surface area contributed by atoms with Gasteiger partial charge in [0.15, 0.2) is 21.5 Å². The van der Waals surface area contributed by atoms with Gasteiger partial charge >= 0.3 is 12.0 Å². The van der Waals surface area contributed by atoms with Gasteiger partial charge < -0.3 is 29.2 Å². The first-order chi connectivity index (χ1) is 33.0. The van der Waals surface area contributed by atoms with Crippen LogP contribution >= 0.6 is 0 Å². The van der Waals surface area contributed by atoms with Crippen LogP contribution in [0.1, 0.15) is 37.8 Å². The fourth-order valence-corrected chi connectivity index (χ4v) is 8.77. The van der Waals surface area contributed by atoms with Gasteiger partial charge in [-0.3, -0.25) is 0 Å². The summed E-state index contributed by atoms with van der Waals surface area (Å²) in [5.74, 6) is -2.13. The second-order valence-electron chi connectivity index (χ2n) is 16.1. The van der Waals surface area contributed by atoms with E-state index in [0.717, 1.165) is 92.8 Å². The summed E-state index contributed by atoms with van der Waals surface area (Å²) in [4.78, 5) is 27.0. The number of ether oxygens (including phenoxy) is 2. The number of halogens is 4. The lowest BCUT2D eigenvalue weighted by molar-refractivity contribution is 0.370. The fraction of sp³-hybridized carbons (Fsp3) is 0.224. The number of piperidine rings is 2. The molecule has 0 saturated carbocycles. The van der Waals surface area contributed by atoms with E-state index in [0.29, 0.717) is 28.5 Å². The van der Waals surface area contributed by atoms with Gasteiger partial charge in [0.1, 0.15) is 23.1 Å². The molecule has 0 bridgehead atoms. The number of hydrogen-bond donors (Lipinski definition) is 2. The van der Waals surface area contributed by atoms with E-state index in [1.54, 1.807) is 61.1 Å². The molecule has 2 N–H and O–H groups in total. The smallest absolute Gasteiger partial charge is 0.322 e. The number of benzene rings is 4. The van der Waals surface area contributed by atoms with Gasteiger partial charge in [-0.25, -0.2) is 45.9 Å². The third-order valence-corrected chi connectivity index (χ3v) is 12.7. The quantitative estimate of drug-likeness (QED) is 0.118. The van der Waals surface area contributed by atoms with Crippen LogP contribution in [0.25, 0.3) is 45.3 Å². The maximum absolute atomic E-state index is 13.6. The number of rotatable bonds is 11. The number of nitrogens with one attached hydrogen (secondary N) is 2. The summed E-state index contributed by atoms with van der Waals surface area (Å²) in [6.07, 6.45) is 11.6. The molecule has 10 rings (SSSR count). The Labute approximate surface area is 389 Å². The van der Waals surface area contributed by atoms with Gasteiger partial charge in [-0.05, 0) is 149 Å². The molecule has 0 spiro atoms. The Morgan fingerprint density at radius 2 is 0.985 bits per heavy atom. The predicted molar refractivity (Wildman–Crippen MR) is 246 cm³/mol. The zero-order chi connectivity index (χ0) is 47.2. The summed E-state index contributed by atoms with van der Waals surface area (Å²) >= 11 is 0. The second kappa shape index (κ2) is 20.3. The van der Waals surface area contributed by atoms with Crippen molar-refractivity contribution in [3.8, 4) is 68.8 Å². The largest absolute Gasteiger partial charge is 0.424 e. The van der Waals surface area contributed by atoms with Crippen LogP contribution in [0.4, 0.5) is 17.6 Å². The average molecular weight is 945 g/mol. The van der Waals surface area contributed by atoms with Gasteiger partial charge in [-0.1, -0.05) is 0 Å². The van der Waals surface area contributed by atoms with E-state index < -0.39 is 21.5 Å². The van der Waals surface area contributed by atoms with Gasteiger partial charge in [0, 0.05) is 47.9 Å². The molecule has 14 nitrogen and oxygen atoms in total. The Balaban J connectivity index is 0.000000170. The monoisotopic (exact) mass is 944 g/mol. The van der Waals surface area contributed by atoms with Crippen LogP contribution < -0.4 is 20.1 Å². The van der Waals surface area contributed by atoms with E-state index in [2.05, 4.69) is 49.7 Å². The molecule has 4 aromatic heterocycles. The van der Waals surface area contributed by atoms with Crippen LogP contribution in [0.5, 0.6) is 23.5 Å². The van der Waals surface area contributed by atoms with Crippen molar-refractivity contribution in [3.05, 3.63) is 151 Å². The van der Waals surface area contributed by atoms with Crippen LogP contribution in [0.15, 0.2) is 133 Å². The first-order valence-corrected chi connectivity index (χ1v) is 23.7. The lowest BCUT2D eigenvalue weighted by Crippen LogP contribution is -2.29. The molecule has 6 heterocycles. The first kappa shape index (κ1) is 45.8. The molecule has 2 saturated heterocycles. The highest BCUT2D eigenvalue weighted by molar-refractivity contribution is 7.90. The number of nitrogens with zero attached hydrogens (tertiary/aromatic N) is 8. The zero-order valence-electron chi connectivity index (χ0n) is 36.6. The van der Waals surface area contributed by atoms with Gasteiger partial charge in [0.05, 0.1) is 51.7 Å². The maximum Gasteiger partial charge on any atom is 0.322 e. The van der Waals surface area contributed by atoms with Crippen molar-refractivity contribution in [1.29, 1.82) is 0 Å². The molecule has 348 valence electrons. The lowest BCUT2D eigenvalue weighted by Gasteiger charge is -2.25. The molecular weight excluding hydrogens is 901 g/mol. The van der Waals surface area contributed by atoms with Crippen LogP contribution in [0.3, 0.4) is 0 Å².